The first-order chi connectivity index (χ1) is 16.4. The molecule has 0 aliphatic carbocycles. The zero-order valence-electron chi connectivity index (χ0n) is 18.6. The Morgan fingerprint density at radius 2 is 1.94 bits per heavy atom. The molecule has 1 aromatic heterocycles. The molecule has 2 heterocycles. The van der Waals surface area contributed by atoms with Crippen molar-refractivity contribution >= 4 is 44.5 Å². The van der Waals surface area contributed by atoms with Crippen LogP contribution in [0.3, 0.4) is 0 Å². The predicted octanol–water partition coefficient (Wildman–Crippen LogP) is 2.68. The predicted molar refractivity (Wildman–Crippen MR) is 124 cm³/mol. The topological polar surface area (TPSA) is 125 Å². The summed E-state index contributed by atoms with van der Waals surface area (Å²) in [6.45, 7) is -0.397. The van der Waals surface area contributed by atoms with Crippen molar-refractivity contribution in [2.24, 2.45) is 0 Å². The van der Waals surface area contributed by atoms with E-state index in [4.69, 9.17) is 14.2 Å². The van der Waals surface area contributed by atoms with Gasteiger partial charge in [-0.3, -0.25) is 9.59 Å². The highest BCUT2D eigenvalue weighted by atomic mass is 32.2. The van der Waals surface area contributed by atoms with Gasteiger partial charge in [0, 0.05) is 6.54 Å². The zero-order chi connectivity index (χ0) is 24.3. The van der Waals surface area contributed by atoms with Crippen molar-refractivity contribution in [3.8, 4) is 11.5 Å². The summed E-state index contributed by atoms with van der Waals surface area (Å²) in [6, 6.07) is 8.40. The quantitative estimate of drug-likeness (QED) is 0.335. The third-order valence-electron chi connectivity index (χ3n) is 5.61. The summed E-state index contributed by atoms with van der Waals surface area (Å²) in [5.74, 6) is -0.505. The normalized spacial score (nSPS) is 16.8. The van der Waals surface area contributed by atoms with Crippen LogP contribution >= 0.6 is 11.7 Å². The molecule has 10 nitrogen and oxygen atoms in total. The minimum atomic E-state index is -4.05. The number of hydrogen-bond acceptors (Lipinski definition) is 10. The number of nitrogens with zero attached hydrogens (tertiary/aromatic N) is 3. The molecule has 0 spiro atoms. The van der Waals surface area contributed by atoms with Crippen molar-refractivity contribution in [2.75, 3.05) is 27.4 Å². The SMILES string of the molecule is COc1ccc(OC)c(C(=O)COC(=O)C2CCCCN2S(=O)(=O)c2cccc3nsnc23)c1. The highest BCUT2D eigenvalue weighted by Gasteiger charge is 2.40. The molecule has 3 aromatic rings. The Bertz CT molecular complexity index is 1320. The van der Waals surface area contributed by atoms with E-state index in [1.165, 1.54) is 26.4 Å². The van der Waals surface area contributed by atoms with Crippen molar-refractivity contribution in [3.05, 3.63) is 42.0 Å². The fourth-order valence-corrected chi connectivity index (χ4v) is 6.29. The molecule has 1 unspecified atom stereocenters. The molecule has 1 atom stereocenters. The molecule has 0 saturated carbocycles. The maximum atomic E-state index is 13.5. The number of rotatable bonds is 8. The highest BCUT2D eigenvalue weighted by Crippen LogP contribution is 2.30. The largest absolute Gasteiger partial charge is 0.497 e. The number of ketones is 1. The molecule has 1 saturated heterocycles. The molecular weight excluding hydrogens is 482 g/mol. The molecule has 4 rings (SSSR count). The second kappa shape index (κ2) is 10.0. The Morgan fingerprint density at radius 1 is 1.12 bits per heavy atom. The lowest BCUT2D eigenvalue weighted by molar-refractivity contribution is -0.148. The molecule has 0 radical (unpaired) electrons. The first kappa shape index (κ1) is 24.0. The lowest BCUT2D eigenvalue weighted by atomic mass is 10.1. The molecule has 1 aliphatic heterocycles. The van der Waals surface area contributed by atoms with Gasteiger partial charge < -0.3 is 14.2 Å². The van der Waals surface area contributed by atoms with Crippen LogP contribution < -0.4 is 9.47 Å². The Labute approximate surface area is 200 Å². The van der Waals surface area contributed by atoms with E-state index in [1.54, 1.807) is 24.3 Å². The van der Waals surface area contributed by atoms with E-state index in [1.807, 2.05) is 0 Å². The first-order valence-electron chi connectivity index (χ1n) is 10.5. The van der Waals surface area contributed by atoms with Gasteiger partial charge in [0.15, 0.2) is 6.61 Å². The highest BCUT2D eigenvalue weighted by molar-refractivity contribution is 7.89. The van der Waals surface area contributed by atoms with Crippen LogP contribution in [0.4, 0.5) is 0 Å². The number of ether oxygens (including phenoxy) is 3. The van der Waals surface area contributed by atoms with Crippen molar-refractivity contribution in [1.82, 2.24) is 13.1 Å². The van der Waals surface area contributed by atoms with Crippen molar-refractivity contribution in [1.29, 1.82) is 0 Å². The van der Waals surface area contributed by atoms with Crippen LogP contribution in [-0.4, -0.2) is 66.6 Å². The monoisotopic (exact) mass is 505 g/mol. The van der Waals surface area contributed by atoms with Gasteiger partial charge in [-0.2, -0.15) is 13.1 Å². The number of esters is 1. The maximum Gasteiger partial charge on any atom is 0.324 e. The molecule has 180 valence electrons. The summed E-state index contributed by atoms with van der Waals surface area (Å²) >= 11 is 0.920. The van der Waals surface area contributed by atoms with Crippen LogP contribution in [0, 0.1) is 0 Å². The van der Waals surface area contributed by atoms with Crippen LogP contribution in [0.15, 0.2) is 41.3 Å². The zero-order valence-corrected chi connectivity index (χ0v) is 20.2. The van der Waals surface area contributed by atoms with E-state index in [-0.39, 0.29) is 22.5 Å². The number of carbonyl (C=O) groups excluding carboxylic acids is 2. The van der Waals surface area contributed by atoms with Crippen molar-refractivity contribution in [3.63, 3.8) is 0 Å². The van der Waals surface area contributed by atoms with Gasteiger partial charge in [0.05, 0.1) is 31.5 Å². The Balaban J connectivity index is 1.53. The van der Waals surface area contributed by atoms with E-state index < -0.39 is 34.4 Å². The molecule has 2 aromatic carbocycles. The standard InChI is InChI=1S/C22H23N3O7S2/c1-30-14-9-10-19(31-2)15(12-14)18(26)13-32-22(27)17-7-3-4-11-25(17)34(28,29)20-8-5-6-16-21(20)24-33-23-16/h5-6,8-10,12,17H,3-4,7,11,13H2,1-2H3. The van der Waals surface area contributed by atoms with E-state index in [9.17, 15) is 18.0 Å². The number of benzene rings is 2. The number of piperidine rings is 1. The number of fused-ring (bicyclic) bond motifs is 1. The number of carbonyl (C=O) groups is 2. The Morgan fingerprint density at radius 3 is 2.71 bits per heavy atom. The lowest BCUT2D eigenvalue weighted by Gasteiger charge is -2.32. The third kappa shape index (κ3) is 4.61. The van der Waals surface area contributed by atoms with Crippen LogP contribution in [0.25, 0.3) is 11.0 Å². The number of Topliss-reactive ketones (excluding diaryl/α,β-unsaturated/α-hetero) is 1. The number of aromatic nitrogens is 2. The molecule has 1 fully saturated rings. The average molecular weight is 506 g/mol. The summed E-state index contributed by atoms with van der Waals surface area (Å²) in [6.07, 6.45) is 1.56. The average Bonchev–Trinajstić information content (AvgIpc) is 3.35. The van der Waals surface area contributed by atoms with Crippen LogP contribution in [0.1, 0.15) is 29.6 Å². The smallest absolute Gasteiger partial charge is 0.324 e. The van der Waals surface area contributed by atoms with E-state index in [0.29, 0.717) is 36.3 Å². The maximum absolute atomic E-state index is 13.5. The van der Waals surface area contributed by atoms with Gasteiger partial charge in [0.1, 0.15) is 33.5 Å². The van der Waals surface area contributed by atoms with Gasteiger partial charge in [0.25, 0.3) is 0 Å². The molecule has 34 heavy (non-hydrogen) atoms. The van der Waals surface area contributed by atoms with Crippen molar-refractivity contribution < 1.29 is 32.2 Å². The molecule has 0 amide bonds. The number of sulfonamides is 1. The molecular formula is C22H23N3O7S2. The van der Waals surface area contributed by atoms with Crippen molar-refractivity contribution in [2.45, 2.75) is 30.2 Å². The van der Waals surface area contributed by atoms with Gasteiger partial charge in [-0.15, -0.1) is 0 Å². The van der Waals surface area contributed by atoms with Crippen LogP contribution in [0.2, 0.25) is 0 Å². The first-order valence-corrected chi connectivity index (χ1v) is 12.7. The van der Waals surface area contributed by atoms with E-state index in [2.05, 4.69) is 8.75 Å². The van der Waals surface area contributed by atoms with Gasteiger partial charge in [-0.25, -0.2) is 8.42 Å². The van der Waals surface area contributed by atoms with E-state index in [0.717, 1.165) is 16.0 Å². The lowest BCUT2D eigenvalue weighted by Crippen LogP contribution is -2.48. The summed E-state index contributed by atoms with van der Waals surface area (Å²) < 4.78 is 52.0. The molecule has 12 heteroatoms. The molecule has 1 aliphatic rings. The fourth-order valence-electron chi connectivity index (χ4n) is 3.89. The summed E-state index contributed by atoms with van der Waals surface area (Å²) in [7, 11) is -1.15. The Kier molecular flexibility index (Phi) is 7.10. The summed E-state index contributed by atoms with van der Waals surface area (Å²) in [5, 5.41) is 0. The second-order valence-electron chi connectivity index (χ2n) is 7.61. The summed E-state index contributed by atoms with van der Waals surface area (Å²) in [4.78, 5) is 25.7. The molecule has 0 bridgehead atoms. The third-order valence-corrected chi connectivity index (χ3v) is 8.10. The fraction of sp³-hybridized carbons (Fsp3) is 0.364. The Hall–Kier alpha value is -3.09. The van der Waals surface area contributed by atoms with Gasteiger partial charge in [0.2, 0.25) is 15.8 Å². The van der Waals surface area contributed by atoms with Gasteiger partial charge >= 0.3 is 5.97 Å². The number of hydrogen-bond donors (Lipinski definition) is 0. The molecule has 0 N–H and O–H groups in total. The van der Waals surface area contributed by atoms with E-state index >= 15 is 0 Å². The van der Waals surface area contributed by atoms with Gasteiger partial charge in [-0.05, 0) is 49.6 Å². The minimum absolute atomic E-state index is 0.00403. The number of methoxy groups -OCH3 is 2. The van der Waals surface area contributed by atoms with Crippen LogP contribution in [-0.2, 0) is 19.6 Å². The summed E-state index contributed by atoms with van der Waals surface area (Å²) in [5.41, 5.74) is 0.941. The van der Waals surface area contributed by atoms with Crippen LogP contribution in [0.5, 0.6) is 11.5 Å². The van der Waals surface area contributed by atoms with Gasteiger partial charge in [-0.1, -0.05) is 6.07 Å². The second-order valence-corrected chi connectivity index (χ2v) is 10.00. The minimum Gasteiger partial charge on any atom is -0.497 e.